The molecule has 0 saturated carbocycles. The molecule has 19 heavy (non-hydrogen) atoms. The highest BCUT2D eigenvalue weighted by molar-refractivity contribution is 5.24. The first-order valence-corrected chi connectivity index (χ1v) is 6.66. The van der Waals surface area contributed by atoms with E-state index < -0.39 is 0 Å². The molecule has 2 aromatic carbocycles. The molecule has 0 aliphatic carbocycles. The van der Waals surface area contributed by atoms with Gasteiger partial charge in [0.1, 0.15) is 5.82 Å². The minimum atomic E-state index is -0.136. The Morgan fingerprint density at radius 1 is 1.00 bits per heavy atom. The van der Waals surface area contributed by atoms with Crippen molar-refractivity contribution in [1.82, 2.24) is 5.32 Å². The van der Waals surface area contributed by atoms with Crippen molar-refractivity contribution in [3.05, 3.63) is 70.5 Å². The van der Waals surface area contributed by atoms with Crippen LogP contribution >= 0.6 is 0 Å². The Morgan fingerprint density at radius 3 is 2.58 bits per heavy atom. The lowest BCUT2D eigenvalue weighted by Crippen LogP contribution is -2.16. The first kappa shape index (κ1) is 13.8. The number of rotatable bonds is 5. The first-order chi connectivity index (χ1) is 9.15. The summed E-state index contributed by atoms with van der Waals surface area (Å²) in [4.78, 5) is 0. The number of benzene rings is 2. The fourth-order valence-electron chi connectivity index (χ4n) is 2.15. The van der Waals surface area contributed by atoms with Crippen LogP contribution in [-0.2, 0) is 13.0 Å². The highest BCUT2D eigenvalue weighted by atomic mass is 19.1. The molecule has 0 atom stereocenters. The van der Waals surface area contributed by atoms with Gasteiger partial charge >= 0.3 is 0 Å². The van der Waals surface area contributed by atoms with Gasteiger partial charge in [0.15, 0.2) is 0 Å². The molecule has 2 aromatic rings. The molecule has 0 radical (unpaired) electrons. The molecule has 0 unspecified atom stereocenters. The van der Waals surface area contributed by atoms with E-state index in [1.807, 2.05) is 12.1 Å². The Morgan fingerprint density at radius 2 is 1.84 bits per heavy atom. The predicted octanol–water partition coefficient (Wildman–Crippen LogP) is 3.77. The van der Waals surface area contributed by atoms with Gasteiger partial charge in [-0.25, -0.2) is 4.39 Å². The second-order valence-electron chi connectivity index (χ2n) is 5.00. The Labute approximate surface area is 114 Å². The van der Waals surface area contributed by atoms with Crippen LogP contribution < -0.4 is 5.32 Å². The maximum atomic E-state index is 13.1. The van der Waals surface area contributed by atoms with E-state index in [4.69, 9.17) is 0 Å². The van der Waals surface area contributed by atoms with Crippen LogP contribution in [0.3, 0.4) is 0 Å². The standard InChI is InChI=1S/C17H20FN/c1-13-4-3-5-15(10-13)8-9-19-12-16-6-7-17(18)14(2)11-16/h3-7,10-11,19H,8-9,12H2,1-2H3. The minimum Gasteiger partial charge on any atom is -0.312 e. The van der Waals surface area contributed by atoms with Crippen LogP contribution in [0.2, 0.25) is 0 Å². The molecule has 1 N–H and O–H groups in total. The summed E-state index contributed by atoms with van der Waals surface area (Å²) in [6, 6.07) is 13.8. The van der Waals surface area contributed by atoms with Gasteiger partial charge in [0.05, 0.1) is 0 Å². The summed E-state index contributed by atoms with van der Waals surface area (Å²) in [6.45, 7) is 5.62. The molecular weight excluding hydrogens is 237 g/mol. The Bertz CT molecular complexity index is 549. The van der Waals surface area contributed by atoms with Crippen LogP contribution in [0.4, 0.5) is 4.39 Å². The number of halogens is 1. The third-order valence-electron chi connectivity index (χ3n) is 3.22. The van der Waals surface area contributed by atoms with Crippen LogP contribution in [0.25, 0.3) is 0 Å². The van der Waals surface area contributed by atoms with Crippen molar-refractivity contribution >= 4 is 0 Å². The van der Waals surface area contributed by atoms with Crippen LogP contribution in [0.5, 0.6) is 0 Å². The van der Waals surface area contributed by atoms with E-state index in [0.29, 0.717) is 5.56 Å². The third-order valence-corrected chi connectivity index (χ3v) is 3.22. The van der Waals surface area contributed by atoms with E-state index in [1.165, 1.54) is 17.2 Å². The average Bonchev–Trinajstić information content (AvgIpc) is 2.39. The molecule has 0 bridgehead atoms. The predicted molar refractivity (Wildman–Crippen MR) is 77.7 cm³/mol. The SMILES string of the molecule is Cc1cccc(CCNCc2ccc(F)c(C)c2)c1. The molecule has 0 aromatic heterocycles. The van der Waals surface area contributed by atoms with Gasteiger partial charge in [-0.1, -0.05) is 42.0 Å². The summed E-state index contributed by atoms with van der Waals surface area (Å²) >= 11 is 0. The molecule has 1 nitrogen and oxygen atoms in total. The van der Waals surface area contributed by atoms with Gasteiger partial charge in [-0.2, -0.15) is 0 Å². The van der Waals surface area contributed by atoms with E-state index in [2.05, 4.69) is 36.5 Å². The van der Waals surface area contributed by atoms with Gasteiger partial charge in [-0.3, -0.25) is 0 Å². The molecule has 0 heterocycles. The number of hydrogen-bond acceptors (Lipinski definition) is 1. The Balaban J connectivity index is 1.79. The van der Waals surface area contributed by atoms with Gasteiger partial charge in [0.2, 0.25) is 0 Å². The topological polar surface area (TPSA) is 12.0 Å². The zero-order valence-corrected chi connectivity index (χ0v) is 11.5. The number of nitrogens with one attached hydrogen (secondary N) is 1. The fraction of sp³-hybridized carbons (Fsp3) is 0.294. The van der Waals surface area contributed by atoms with E-state index in [-0.39, 0.29) is 5.82 Å². The lowest BCUT2D eigenvalue weighted by atomic mass is 10.1. The molecule has 2 heteroatoms. The molecule has 0 amide bonds. The largest absolute Gasteiger partial charge is 0.312 e. The van der Waals surface area contributed by atoms with E-state index in [1.54, 1.807) is 6.92 Å². The van der Waals surface area contributed by atoms with Crippen LogP contribution in [-0.4, -0.2) is 6.54 Å². The van der Waals surface area contributed by atoms with Crippen molar-refractivity contribution in [2.45, 2.75) is 26.8 Å². The van der Waals surface area contributed by atoms with Crippen LogP contribution in [0.1, 0.15) is 22.3 Å². The highest BCUT2D eigenvalue weighted by Crippen LogP contribution is 2.09. The molecular formula is C17H20FN. The van der Waals surface area contributed by atoms with E-state index in [9.17, 15) is 4.39 Å². The van der Waals surface area contributed by atoms with E-state index in [0.717, 1.165) is 25.1 Å². The molecule has 0 fully saturated rings. The molecule has 0 spiro atoms. The van der Waals surface area contributed by atoms with Crippen molar-refractivity contribution in [2.75, 3.05) is 6.54 Å². The Kier molecular flexibility index (Phi) is 4.69. The number of aryl methyl sites for hydroxylation is 2. The molecule has 0 aliphatic rings. The summed E-state index contributed by atoms with van der Waals surface area (Å²) in [5, 5.41) is 3.39. The lowest BCUT2D eigenvalue weighted by molar-refractivity contribution is 0.615. The molecule has 100 valence electrons. The van der Waals surface area contributed by atoms with Crippen molar-refractivity contribution in [1.29, 1.82) is 0 Å². The fourth-order valence-corrected chi connectivity index (χ4v) is 2.15. The van der Waals surface area contributed by atoms with Gasteiger partial charge < -0.3 is 5.32 Å². The van der Waals surface area contributed by atoms with Gasteiger partial charge in [-0.15, -0.1) is 0 Å². The number of hydrogen-bond donors (Lipinski definition) is 1. The van der Waals surface area contributed by atoms with Crippen LogP contribution in [0.15, 0.2) is 42.5 Å². The summed E-state index contributed by atoms with van der Waals surface area (Å²) in [7, 11) is 0. The van der Waals surface area contributed by atoms with Gasteiger partial charge in [0.25, 0.3) is 0 Å². The average molecular weight is 257 g/mol. The lowest BCUT2D eigenvalue weighted by Gasteiger charge is -2.07. The molecule has 2 rings (SSSR count). The van der Waals surface area contributed by atoms with Crippen LogP contribution in [0, 0.1) is 19.7 Å². The minimum absolute atomic E-state index is 0.136. The Hall–Kier alpha value is -1.67. The van der Waals surface area contributed by atoms with Gasteiger partial charge in [-0.05, 0) is 49.6 Å². The zero-order valence-electron chi connectivity index (χ0n) is 11.5. The van der Waals surface area contributed by atoms with Crippen molar-refractivity contribution < 1.29 is 4.39 Å². The highest BCUT2D eigenvalue weighted by Gasteiger charge is 1.99. The maximum absolute atomic E-state index is 13.1. The van der Waals surface area contributed by atoms with E-state index >= 15 is 0 Å². The normalized spacial score (nSPS) is 10.7. The van der Waals surface area contributed by atoms with Gasteiger partial charge in [0, 0.05) is 6.54 Å². The summed E-state index contributed by atoms with van der Waals surface area (Å²) in [5.41, 5.74) is 4.48. The zero-order chi connectivity index (χ0) is 13.7. The van der Waals surface area contributed by atoms with Crippen molar-refractivity contribution in [2.24, 2.45) is 0 Å². The first-order valence-electron chi connectivity index (χ1n) is 6.66. The quantitative estimate of drug-likeness (QED) is 0.804. The summed E-state index contributed by atoms with van der Waals surface area (Å²) in [5.74, 6) is -0.136. The third kappa shape index (κ3) is 4.18. The summed E-state index contributed by atoms with van der Waals surface area (Å²) in [6.07, 6.45) is 1.02. The molecule has 0 saturated heterocycles. The second-order valence-corrected chi connectivity index (χ2v) is 5.00. The smallest absolute Gasteiger partial charge is 0.126 e. The monoisotopic (exact) mass is 257 g/mol. The maximum Gasteiger partial charge on any atom is 0.126 e. The second kappa shape index (κ2) is 6.48. The molecule has 0 aliphatic heterocycles. The van der Waals surface area contributed by atoms with Crippen molar-refractivity contribution in [3.63, 3.8) is 0 Å². The van der Waals surface area contributed by atoms with Crippen molar-refractivity contribution in [3.8, 4) is 0 Å². The summed E-state index contributed by atoms with van der Waals surface area (Å²) < 4.78 is 13.1.